The van der Waals surface area contributed by atoms with Gasteiger partial charge in [0.15, 0.2) is 5.96 Å². The minimum absolute atomic E-state index is 0. The number of aromatic nitrogens is 1. The summed E-state index contributed by atoms with van der Waals surface area (Å²) in [5.41, 5.74) is 1.25. The van der Waals surface area contributed by atoms with E-state index in [1.54, 1.807) is 11.3 Å². The van der Waals surface area contributed by atoms with E-state index in [4.69, 9.17) is 9.98 Å². The number of rotatable bonds is 9. The van der Waals surface area contributed by atoms with Crippen molar-refractivity contribution < 1.29 is 0 Å². The van der Waals surface area contributed by atoms with E-state index in [1.807, 2.05) is 0 Å². The Morgan fingerprint density at radius 2 is 2.03 bits per heavy atom. The van der Waals surface area contributed by atoms with Crippen molar-refractivity contribution in [2.45, 2.75) is 77.1 Å². The molecule has 2 fully saturated rings. The van der Waals surface area contributed by atoms with E-state index < -0.39 is 0 Å². The van der Waals surface area contributed by atoms with Gasteiger partial charge in [-0.15, -0.1) is 35.3 Å². The Labute approximate surface area is 208 Å². The van der Waals surface area contributed by atoms with Gasteiger partial charge in [-0.1, -0.05) is 13.8 Å². The number of piperidine rings is 1. The zero-order chi connectivity index (χ0) is 20.5. The number of thiazole rings is 1. The molecule has 0 radical (unpaired) electrons. The molecule has 1 saturated heterocycles. The third kappa shape index (κ3) is 8.47. The molecule has 0 aromatic carbocycles. The highest BCUT2D eigenvalue weighted by Crippen LogP contribution is 2.29. The van der Waals surface area contributed by atoms with Gasteiger partial charge in [-0.05, 0) is 70.2 Å². The maximum Gasteiger partial charge on any atom is 0.191 e. The van der Waals surface area contributed by atoms with E-state index in [0.717, 1.165) is 37.3 Å². The van der Waals surface area contributed by atoms with Crippen molar-refractivity contribution >= 4 is 53.0 Å². The summed E-state index contributed by atoms with van der Waals surface area (Å²) >= 11 is 3.91. The topological polar surface area (TPSA) is 52.6 Å². The quantitative estimate of drug-likeness (QED) is 0.257. The number of nitrogens with one attached hydrogen (secondary N) is 2. The second kappa shape index (κ2) is 14.2. The van der Waals surface area contributed by atoms with Gasteiger partial charge in [0.05, 0.1) is 10.7 Å². The number of hydrogen-bond acceptors (Lipinski definition) is 5. The molecule has 1 saturated carbocycles. The van der Waals surface area contributed by atoms with Crippen molar-refractivity contribution in [3.63, 3.8) is 0 Å². The van der Waals surface area contributed by atoms with E-state index in [0.29, 0.717) is 12.0 Å². The normalized spacial score (nSPS) is 23.4. The van der Waals surface area contributed by atoms with Crippen molar-refractivity contribution in [1.29, 1.82) is 0 Å². The lowest BCUT2D eigenvalue weighted by Crippen LogP contribution is -2.43. The number of hydrogen-bond donors (Lipinski definition) is 2. The molecule has 2 aliphatic rings. The minimum atomic E-state index is 0. The van der Waals surface area contributed by atoms with E-state index >= 15 is 0 Å². The van der Waals surface area contributed by atoms with E-state index in [9.17, 15) is 0 Å². The van der Waals surface area contributed by atoms with Crippen molar-refractivity contribution in [3.8, 4) is 0 Å². The van der Waals surface area contributed by atoms with E-state index in [2.05, 4.69) is 53.4 Å². The number of halogens is 1. The highest BCUT2D eigenvalue weighted by molar-refractivity contribution is 14.0. The predicted molar refractivity (Wildman–Crippen MR) is 144 cm³/mol. The summed E-state index contributed by atoms with van der Waals surface area (Å²) in [4.78, 5) is 12.2. The van der Waals surface area contributed by atoms with Crippen LogP contribution in [0.2, 0.25) is 0 Å². The molecule has 0 amide bonds. The van der Waals surface area contributed by atoms with Gasteiger partial charge in [0.25, 0.3) is 0 Å². The molecule has 1 aliphatic carbocycles. The summed E-state index contributed by atoms with van der Waals surface area (Å²) in [6.45, 7) is 11.8. The molecule has 30 heavy (non-hydrogen) atoms. The van der Waals surface area contributed by atoms with Crippen molar-refractivity contribution in [3.05, 3.63) is 16.1 Å². The van der Waals surface area contributed by atoms with Crippen LogP contribution in [0, 0.1) is 5.92 Å². The van der Waals surface area contributed by atoms with Crippen LogP contribution in [0.25, 0.3) is 0 Å². The SMILES string of the molecule is CCNC(=NCC1CCN(Cc2csc(CC)n2)CC1)NC1CCC(SCC)C1.I. The highest BCUT2D eigenvalue weighted by atomic mass is 127. The molecule has 2 heterocycles. The summed E-state index contributed by atoms with van der Waals surface area (Å²) in [6, 6.07) is 0.588. The van der Waals surface area contributed by atoms with E-state index in [1.165, 1.54) is 61.6 Å². The van der Waals surface area contributed by atoms with Gasteiger partial charge in [0.1, 0.15) is 0 Å². The largest absolute Gasteiger partial charge is 0.357 e. The maximum atomic E-state index is 4.95. The van der Waals surface area contributed by atoms with Crippen LogP contribution in [0.15, 0.2) is 10.4 Å². The van der Waals surface area contributed by atoms with Crippen LogP contribution in [0.3, 0.4) is 0 Å². The zero-order valence-corrected chi connectivity index (χ0v) is 22.8. The molecule has 1 aromatic rings. The first-order valence-electron chi connectivity index (χ1n) is 11.5. The predicted octanol–water partition coefficient (Wildman–Crippen LogP) is 4.76. The molecule has 2 unspecified atom stereocenters. The summed E-state index contributed by atoms with van der Waals surface area (Å²) in [5.74, 6) is 2.96. The Bertz CT molecular complexity index is 631. The highest BCUT2D eigenvalue weighted by Gasteiger charge is 2.25. The molecule has 3 rings (SSSR count). The van der Waals surface area contributed by atoms with Crippen LogP contribution in [-0.2, 0) is 13.0 Å². The lowest BCUT2D eigenvalue weighted by molar-refractivity contribution is 0.179. The van der Waals surface area contributed by atoms with Crippen LogP contribution < -0.4 is 10.6 Å². The van der Waals surface area contributed by atoms with Gasteiger partial charge in [-0.2, -0.15) is 11.8 Å². The lowest BCUT2D eigenvalue weighted by Gasteiger charge is -2.31. The molecular formula is C22H40IN5S2. The Morgan fingerprint density at radius 1 is 1.23 bits per heavy atom. The summed E-state index contributed by atoms with van der Waals surface area (Å²) in [7, 11) is 0. The average molecular weight is 566 g/mol. The summed E-state index contributed by atoms with van der Waals surface area (Å²) < 4.78 is 0. The summed E-state index contributed by atoms with van der Waals surface area (Å²) in [6.07, 6.45) is 7.42. The number of guanidine groups is 1. The Morgan fingerprint density at radius 3 is 2.70 bits per heavy atom. The first kappa shape index (κ1) is 26.2. The molecule has 0 bridgehead atoms. The van der Waals surface area contributed by atoms with Gasteiger partial charge in [0.2, 0.25) is 0 Å². The number of likely N-dealkylation sites (tertiary alicyclic amines) is 1. The van der Waals surface area contributed by atoms with Crippen molar-refractivity contribution in [2.24, 2.45) is 10.9 Å². The molecule has 1 aromatic heterocycles. The fraction of sp³-hybridized carbons (Fsp3) is 0.818. The second-order valence-corrected chi connectivity index (χ2v) is 10.8. The molecule has 2 N–H and O–H groups in total. The zero-order valence-electron chi connectivity index (χ0n) is 18.9. The Kier molecular flexibility index (Phi) is 12.4. The maximum absolute atomic E-state index is 4.95. The smallest absolute Gasteiger partial charge is 0.191 e. The molecule has 5 nitrogen and oxygen atoms in total. The molecule has 0 spiro atoms. The van der Waals surface area contributed by atoms with Crippen LogP contribution in [0.4, 0.5) is 0 Å². The number of nitrogens with zero attached hydrogens (tertiary/aromatic N) is 3. The Hall–Kier alpha value is -0.0600. The first-order valence-corrected chi connectivity index (χ1v) is 13.4. The fourth-order valence-electron chi connectivity index (χ4n) is 4.33. The molecular weight excluding hydrogens is 525 g/mol. The van der Waals surface area contributed by atoms with Gasteiger partial charge in [0, 0.05) is 36.3 Å². The molecule has 1 aliphatic heterocycles. The molecule has 2 atom stereocenters. The standard InChI is InChI=1S/C22H39N5S2.HI/c1-4-21-25-19(16-29-21)15-27-11-9-17(10-12-27)14-24-22(23-5-2)26-18-7-8-20(13-18)28-6-3;/h16-18,20H,4-15H2,1-3H3,(H2,23,24,26);1H. The monoisotopic (exact) mass is 565 g/mol. The lowest BCUT2D eigenvalue weighted by atomic mass is 9.97. The minimum Gasteiger partial charge on any atom is -0.357 e. The van der Waals surface area contributed by atoms with Crippen LogP contribution in [0.5, 0.6) is 0 Å². The third-order valence-electron chi connectivity index (χ3n) is 5.97. The number of aliphatic imine (C=N–C) groups is 1. The van der Waals surface area contributed by atoms with Crippen LogP contribution in [-0.4, -0.2) is 59.1 Å². The van der Waals surface area contributed by atoms with Crippen molar-refractivity contribution in [2.75, 3.05) is 31.9 Å². The fourth-order valence-corrected chi connectivity index (χ4v) is 6.21. The first-order chi connectivity index (χ1) is 14.2. The van der Waals surface area contributed by atoms with Crippen LogP contribution >= 0.6 is 47.1 Å². The summed E-state index contributed by atoms with van der Waals surface area (Å²) in [5, 5.41) is 11.5. The van der Waals surface area contributed by atoms with Gasteiger partial charge < -0.3 is 10.6 Å². The number of aryl methyl sites for hydroxylation is 1. The Balaban J connectivity index is 0.00000320. The third-order valence-corrected chi connectivity index (χ3v) is 8.25. The number of thioether (sulfide) groups is 1. The van der Waals surface area contributed by atoms with Crippen molar-refractivity contribution in [1.82, 2.24) is 20.5 Å². The van der Waals surface area contributed by atoms with E-state index in [-0.39, 0.29) is 24.0 Å². The molecule has 8 heteroatoms. The van der Waals surface area contributed by atoms with Gasteiger partial charge in [-0.3, -0.25) is 9.89 Å². The molecule has 172 valence electrons. The van der Waals surface area contributed by atoms with Crippen LogP contribution in [0.1, 0.15) is 63.6 Å². The average Bonchev–Trinajstić information content (AvgIpc) is 3.37. The van der Waals surface area contributed by atoms with Gasteiger partial charge in [-0.25, -0.2) is 4.98 Å². The second-order valence-electron chi connectivity index (χ2n) is 8.26. The van der Waals surface area contributed by atoms with Gasteiger partial charge >= 0.3 is 0 Å².